The first-order valence-electron chi connectivity index (χ1n) is 6.06. The largest absolute Gasteiger partial charge is 0.357 e. The number of anilines is 2. The van der Waals surface area contributed by atoms with E-state index in [0.29, 0.717) is 0 Å². The van der Waals surface area contributed by atoms with Crippen LogP contribution in [-0.4, -0.2) is 29.6 Å². The van der Waals surface area contributed by atoms with Gasteiger partial charge in [0.1, 0.15) is 5.82 Å². The van der Waals surface area contributed by atoms with Crippen LogP contribution in [-0.2, 0) is 0 Å². The average molecular weight is 218 g/mol. The molecule has 2 aliphatic rings. The molecule has 2 bridgehead atoms. The van der Waals surface area contributed by atoms with E-state index < -0.39 is 0 Å². The van der Waals surface area contributed by atoms with Gasteiger partial charge in [-0.1, -0.05) is 0 Å². The second kappa shape index (κ2) is 3.61. The van der Waals surface area contributed by atoms with Gasteiger partial charge in [-0.2, -0.15) is 4.98 Å². The van der Waals surface area contributed by atoms with Crippen molar-refractivity contribution in [2.45, 2.75) is 32.2 Å². The summed E-state index contributed by atoms with van der Waals surface area (Å²) < 4.78 is 0. The summed E-state index contributed by atoms with van der Waals surface area (Å²) >= 11 is 0. The minimum Gasteiger partial charge on any atom is -0.357 e. The number of fused-ring (bicyclic) bond motifs is 2. The van der Waals surface area contributed by atoms with Crippen LogP contribution in [0.25, 0.3) is 0 Å². The van der Waals surface area contributed by atoms with E-state index in [0.717, 1.165) is 29.4 Å². The highest BCUT2D eigenvalue weighted by molar-refractivity contribution is 5.47. The third-order valence-electron chi connectivity index (χ3n) is 3.77. The fourth-order valence-corrected chi connectivity index (χ4v) is 3.02. The lowest BCUT2D eigenvalue weighted by Gasteiger charge is -2.28. The van der Waals surface area contributed by atoms with Crippen molar-refractivity contribution in [2.75, 3.05) is 23.8 Å². The van der Waals surface area contributed by atoms with E-state index in [1.165, 1.54) is 25.8 Å². The maximum Gasteiger partial charge on any atom is 0.224 e. The molecule has 1 N–H and O–H groups in total. The molecule has 4 nitrogen and oxygen atoms in total. The summed E-state index contributed by atoms with van der Waals surface area (Å²) in [6, 6.07) is 2.82. The second-order valence-electron chi connectivity index (χ2n) is 4.93. The molecule has 0 spiro atoms. The van der Waals surface area contributed by atoms with Gasteiger partial charge in [0.2, 0.25) is 5.95 Å². The normalized spacial score (nSPS) is 27.5. The van der Waals surface area contributed by atoms with Crippen molar-refractivity contribution in [3.63, 3.8) is 0 Å². The molecular formula is C12H18N4. The molecule has 16 heavy (non-hydrogen) atoms. The maximum atomic E-state index is 4.56. The first-order valence-corrected chi connectivity index (χ1v) is 6.06. The summed E-state index contributed by atoms with van der Waals surface area (Å²) in [4.78, 5) is 11.4. The summed E-state index contributed by atoms with van der Waals surface area (Å²) in [5.41, 5.74) is 1.04. The lowest BCUT2D eigenvalue weighted by molar-refractivity contribution is 0.550. The Morgan fingerprint density at radius 3 is 2.88 bits per heavy atom. The van der Waals surface area contributed by atoms with Crippen molar-refractivity contribution in [3.05, 3.63) is 11.8 Å². The molecule has 0 radical (unpaired) electrons. The Labute approximate surface area is 96.1 Å². The topological polar surface area (TPSA) is 41.1 Å². The van der Waals surface area contributed by atoms with Crippen molar-refractivity contribution in [3.8, 4) is 0 Å². The fourth-order valence-electron chi connectivity index (χ4n) is 3.02. The maximum absolute atomic E-state index is 4.56. The van der Waals surface area contributed by atoms with Crippen LogP contribution in [0.3, 0.4) is 0 Å². The highest BCUT2D eigenvalue weighted by atomic mass is 15.3. The molecule has 1 saturated heterocycles. The first kappa shape index (κ1) is 9.87. The van der Waals surface area contributed by atoms with Gasteiger partial charge in [-0.15, -0.1) is 0 Å². The Morgan fingerprint density at radius 2 is 2.25 bits per heavy atom. The third-order valence-corrected chi connectivity index (χ3v) is 3.77. The van der Waals surface area contributed by atoms with Gasteiger partial charge in [-0.3, -0.25) is 0 Å². The smallest absolute Gasteiger partial charge is 0.224 e. The zero-order valence-electron chi connectivity index (χ0n) is 9.90. The molecule has 2 atom stereocenters. The zero-order valence-corrected chi connectivity index (χ0v) is 9.90. The molecule has 4 heteroatoms. The van der Waals surface area contributed by atoms with Crippen LogP contribution in [0.1, 0.15) is 25.0 Å². The van der Waals surface area contributed by atoms with Gasteiger partial charge >= 0.3 is 0 Å². The summed E-state index contributed by atoms with van der Waals surface area (Å²) in [5.74, 6) is 2.74. The van der Waals surface area contributed by atoms with Crippen molar-refractivity contribution >= 4 is 11.8 Å². The van der Waals surface area contributed by atoms with Crippen LogP contribution in [0.5, 0.6) is 0 Å². The van der Waals surface area contributed by atoms with E-state index >= 15 is 0 Å². The predicted molar refractivity (Wildman–Crippen MR) is 64.8 cm³/mol. The Hall–Kier alpha value is -1.32. The first-order chi connectivity index (χ1) is 7.76. The molecular weight excluding hydrogens is 200 g/mol. The molecule has 3 rings (SSSR count). The van der Waals surface area contributed by atoms with Gasteiger partial charge in [0, 0.05) is 31.4 Å². The third kappa shape index (κ3) is 1.52. The molecule has 2 heterocycles. The van der Waals surface area contributed by atoms with Crippen molar-refractivity contribution in [2.24, 2.45) is 5.92 Å². The molecule has 0 amide bonds. The summed E-state index contributed by atoms with van der Waals surface area (Å²) in [6.45, 7) is 3.21. The number of aryl methyl sites for hydroxylation is 1. The molecule has 1 aromatic rings. The van der Waals surface area contributed by atoms with Crippen LogP contribution in [0.2, 0.25) is 0 Å². The minimum absolute atomic E-state index is 0.726. The van der Waals surface area contributed by atoms with Crippen molar-refractivity contribution < 1.29 is 0 Å². The molecule has 86 valence electrons. The van der Waals surface area contributed by atoms with Crippen LogP contribution in [0.15, 0.2) is 6.07 Å². The van der Waals surface area contributed by atoms with Gasteiger partial charge < -0.3 is 10.2 Å². The molecule has 0 aromatic carbocycles. The number of nitrogens with one attached hydrogen (secondary N) is 1. The van der Waals surface area contributed by atoms with Gasteiger partial charge in [-0.05, 0) is 32.1 Å². The van der Waals surface area contributed by atoms with Gasteiger partial charge in [-0.25, -0.2) is 4.98 Å². The Kier molecular flexibility index (Phi) is 2.23. The predicted octanol–water partition coefficient (Wildman–Crippen LogP) is 1.82. The monoisotopic (exact) mass is 218 g/mol. The summed E-state index contributed by atoms with van der Waals surface area (Å²) in [7, 11) is 1.87. The summed E-state index contributed by atoms with van der Waals surface area (Å²) in [6.07, 6.45) is 4.10. The molecule has 1 aliphatic carbocycles. The number of aromatic nitrogens is 2. The van der Waals surface area contributed by atoms with Crippen LogP contribution in [0, 0.1) is 12.8 Å². The van der Waals surface area contributed by atoms with E-state index in [1.54, 1.807) is 0 Å². The lowest BCUT2D eigenvalue weighted by Crippen LogP contribution is -2.32. The van der Waals surface area contributed by atoms with Crippen LogP contribution in [0.4, 0.5) is 11.8 Å². The average Bonchev–Trinajstić information content (AvgIpc) is 2.89. The summed E-state index contributed by atoms with van der Waals surface area (Å²) in [5, 5.41) is 3.03. The van der Waals surface area contributed by atoms with Gasteiger partial charge in [0.05, 0.1) is 0 Å². The SMILES string of the molecule is CNc1nc(C)cc(N2CC3CCC2C3)n1. The highest BCUT2D eigenvalue weighted by Crippen LogP contribution is 2.39. The van der Waals surface area contributed by atoms with Crippen molar-refractivity contribution in [1.82, 2.24) is 9.97 Å². The van der Waals surface area contributed by atoms with Gasteiger partial charge in [0.25, 0.3) is 0 Å². The quantitative estimate of drug-likeness (QED) is 0.822. The van der Waals surface area contributed by atoms with Crippen molar-refractivity contribution in [1.29, 1.82) is 0 Å². The number of piperidine rings is 1. The molecule has 1 aromatic heterocycles. The number of hydrogen-bond donors (Lipinski definition) is 1. The second-order valence-corrected chi connectivity index (χ2v) is 4.93. The minimum atomic E-state index is 0.726. The number of hydrogen-bond acceptors (Lipinski definition) is 4. The number of nitrogens with zero attached hydrogens (tertiary/aromatic N) is 3. The van der Waals surface area contributed by atoms with Crippen LogP contribution < -0.4 is 10.2 Å². The molecule has 2 fully saturated rings. The van der Waals surface area contributed by atoms with Gasteiger partial charge in [0.15, 0.2) is 0 Å². The molecule has 1 saturated carbocycles. The van der Waals surface area contributed by atoms with E-state index in [2.05, 4.69) is 26.3 Å². The number of rotatable bonds is 2. The van der Waals surface area contributed by atoms with E-state index in [1.807, 2.05) is 14.0 Å². The molecule has 2 unspecified atom stereocenters. The fraction of sp³-hybridized carbons (Fsp3) is 0.667. The highest BCUT2D eigenvalue weighted by Gasteiger charge is 2.38. The van der Waals surface area contributed by atoms with E-state index in [4.69, 9.17) is 0 Å². The van der Waals surface area contributed by atoms with E-state index in [-0.39, 0.29) is 0 Å². The Balaban J connectivity index is 1.91. The van der Waals surface area contributed by atoms with Crippen LogP contribution >= 0.6 is 0 Å². The Bertz CT molecular complexity index is 404. The standard InChI is InChI=1S/C12H18N4/c1-8-5-11(15-12(13-2)14-8)16-7-9-3-4-10(16)6-9/h5,9-10H,3-4,6-7H2,1-2H3,(H,13,14,15). The molecule has 1 aliphatic heterocycles. The van der Waals surface area contributed by atoms with E-state index in [9.17, 15) is 0 Å². The zero-order chi connectivity index (χ0) is 11.1. The Morgan fingerprint density at radius 1 is 1.38 bits per heavy atom. The lowest BCUT2D eigenvalue weighted by atomic mass is 10.1.